The van der Waals surface area contributed by atoms with E-state index in [0.717, 1.165) is 61.8 Å². The number of piperazine rings is 1. The number of rotatable bonds is 4. The van der Waals surface area contributed by atoms with Gasteiger partial charge in [0.05, 0.1) is 5.39 Å². The molecule has 0 saturated carbocycles. The summed E-state index contributed by atoms with van der Waals surface area (Å²) in [6.07, 6.45) is 7.19. The van der Waals surface area contributed by atoms with Gasteiger partial charge in [0.1, 0.15) is 16.5 Å². The first kappa shape index (κ1) is 22.3. The van der Waals surface area contributed by atoms with E-state index in [9.17, 15) is 4.79 Å². The first-order valence-electron chi connectivity index (χ1n) is 12.5. The van der Waals surface area contributed by atoms with Crippen molar-refractivity contribution >= 4 is 33.3 Å². The molecule has 5 nitrogen and oxygen atoms in total. The van der Waals surface area contributed by atoms with Crippen LogP contribution in [0.2, 0.25) is 0 Å². The van der Waals surface area contributed by atoms with Gasteiger partial charge in [-0.3, -0.25) is 4.79 Å². The minimum atomic E-state index is 0.144. The zero-order chi connectivity index (χ0) is 22.9. The Kier molecular flexibility index (Phi) is 6.37. The maximum absolute atomic E-state index is 13.1. The number of benzene rings is 1. The fraction of sp³-hybridized carbons (Fsp3) is 0.519. The summed E-state index contributed by atoms with van der Waals surface area (Å²) in [6.45, 7) is 9.52. The molecule has 0 unspecified atom stereocenters. The van der Waals surface area contributed by atoms with Crippen molar-refractivity contribution in [1.29, 1.82) is 0 Å². The second kappa shape index (κ2) is 9.41. The van der Waals surface area contributed by atoms with Crippen LogP contribution in [0.15, 0.2) is 24.3 Å². The number of thiophene rings is 1. The van der Waals surface area contributed by atoms with E-state index in [4.69, 9.17) is 9.97 Å². The molecule has 1 atom stereocenters. The predicted molar refractivity (Wildman–Crippen MR) is 137 cm³/mol. The average molecular weight is 463 g/mol. The summed E-state index contributed by atoms with van der Waals surface area (Å²) < 4.78 is 0. The molecule has 0 N–H and O–H groups in total. The highest BCUT2D eigenvalue weighted by Gasteiger charge is 2.28. The number of hydrogen-bond donors (Lipinski definition) is 0. The number of fused-ring (bicyclic) bond motifs is 3. The Morgan fingerprint density at radius 1 is 1.06 bits per heavy atom. The van der Waals surface area contributed by atoms with E-state index in [2.05, 4.69) is 18.7 Å². The molecule has 1 amide bonds. The molecule has 3 heterocycles. The summed E-state index contributed by atoms with van der Waals surface area (Å²) in [5.41, 5.74) is 3.36. The molecule has 1 fully saturated rings. The normalized spacial score (nSPS) is 17.7. The highest BCUT2D eigenvalue weighted by atomic mass is 32.1. The highest BCUT2D eigenvalue weighted by Crippen LogP contribution is 2.40. The number of carbonyl (C=O) groups is 1. The van der Waals surface area contributed by atoms with Gasteiger partial charge in [-0.1, -0.05) is 38.5 Å². The molecular formula is C27H34N4OS. The Morgan fingerprint density at radius 2 is 1.82 bits per heavy atom. The summed E-state index contributed by atoms with van der Waals surface area (Å²) >= 11 is 1.90. The van der Waals surface area contributed by atoms with Crippen molar-refractivity contribution in [3.63, 3.8) is 0 Å². The van der Waals surface area contributed by atoms with Crippen LogP contribution >= 0.6 is 11.3 Å². The molecule has 2 aliphatic rings. The van der Waals surface area contributed by atoms with Gasteiger partial charge < -0.3 is 9.80 Å². The third kappa shape index (κ3) is 4.25. The van der Waals surface area contributed by atoms with E-state index in [-0.39, 0.29) is 5.91 Å². The zero-order valence-electron chi connectivity index (χ0n) is 20.1. The number of aromatic nitrogens is 2. The molecule has 6 heteroatoms. The lowest BCUT2D eigenvalue weighted by molar-refractivity contribution is 0.0746. The van der Waals surface area contributed by atoms with Gasteiger partial charge in [-0.15, -0.1) is 11.3 Å². The van der Waals surface area contributed by atoms with Crippen molar-refractivity contribution < 1.29 is 4.79 Å². The third-order valence-corrected chi connectivity index (χ3v) is 8.54. The average Bonchev–Trinajstić information content (AvgIpc) is 3.03. The number of hydrogen-bond acceptors (Lipinski definition) is 5. The second-order valence-electron chi connectivity index (χ2n) is 9.55. The molecule has 1 aromatic carbocycles. The summed E-state index contributed by atoms with van der Waals surface area (Å²) in [5.74, 6) is 2.57. The summed E-state index contributed by atoms with van der Waals surface area (Å²) in [7, 11) is 0. The quantitative estimate of drug-likeness (QED) is 0.464. The van der Waals surface area contributed by atoms with Crippen LogP contribution in [0.25, 0.3) is 10.2 Å². The van der Waals surface area contributed by atoms with Crippen LogP contribution in [-0.2, 0) is 12.8 Å². The molecule has 3 aromatic rings. The number of nitrogens with zero attached hydrogens (tertiary/aromatic N) is 4. The number of amides is 1. The second-order valence-corrected chi connectivity index (χ2v) is 10.6. The molecule has 5 rings (SSSR count). The molecule has 0 spiro atoms. The number of anilines is 1. The lowest BCUT2D eigenvalue weighted by Crippen LogP contribution is -2.49. The van der Waals surface area contributed by atoms with Gasteiger partial charge in [0.2, 0.25) is 0 Å². The molecular weight excluding hydrogens is 428 g/mol. The summed E-state index contributed by atoms with van der Waals surface area (Å²) in [4.78, 5) is 30.4. The van der Waals surface area contributed by atoms with Crippen molar-refractivity contribution in [2.75, 3.05) is 31.1 Å². The van der Waals surface area contributed by atoms with Crippen molar-refractivity contribution in [1.82, 2.24) is 14.9 Å². The Labute approximate surface area is 200 Å². The molecule has 2 aromatic heterocycles. The van der Waals surface area contributed by atoms with Crippen molar-refractivity contribution in [2.45, 2.75) is 65.2 Å². The molecule has 0 bridgehead atoms. The minimum Gasteiger partial charge on any atom is -0.352 e. The van der Waals surface area contributed by atoms with Crippen molar-refractivity contribution in [3.8, 4) is 0 Å². The van der Waals surface area contributed by atoms with Crippen LogP contribution in [0.4, 0.5) is 5.82 Å². The van der Waals surface area contributed by atoms with E-state index >= 15 is 0 Å². The number of carbonyl (C=O) groups excluding carboxylic acids is 1. The van der Waals surface area contributed by atoms with E-state index in [0.29, 0.717) is 5.92 Å². The standard InChI is InChI=1S/C27H34N4OS/c1-4-18(2)24-28-25(23-21-12-6-5-7-13-22(21)33-26(23)29-24)30-14-16-31(17-15-30)27(32)20-11-9-8-10-19(20)3/h8-11,18H,4-7,12-17H2,1-3H3/t18-/m1/s1. The van der Waals surface area contributed by atoms with Gasteiger partial charge >= 0.3 is 0 Å². The van der Waals surface area contributed by atoms with Gasteiger partial charge in [-0.2, -0.15) is 0 Å². The Bertz CT molecular complexity index is 1160. The largest absolute Gasteiger partial charge is 0.352 e. The molecule has 174 valence electrons. The fourth-order valence-corrected chi connectivity index (χ4v) is 6.33. The first-order valence-corrected chi connectivity index (χ1v) is 13.3. The van der Waals surface area contributed by atoms with E-state index in [1.165, 1.54) is 46.3 Å². The third-order valence-electron chi connectivity index (χ3n) is 7.36. The van der Waals surface area contributed by atoms with Crippen LogP contribution in [0.3, 0.4) is 0 Å². The van der Waals surface area contributed by atoms with Crippen LogP contribution in [-0.4, -0.2) is 47.0 Å². The zero-order valence-corrected chi connectivity index (χ0v) is 20.9. The van der Waals surface area contributed by atoms with Gasteiger partial charge in [0, 0.05) is 42.5 Å². The minimum absolute atomic E-state index is 0.144. The SMILES string of the molecule is CC[C@@H](C)c1nc(N2CCN(C(=O)c3ccccc3C)CC2)c2c3c(sc2n1)CCCCC3. The van der Waals surface area contributed by atoms with Gasteiger partial charge in [0.15, 0.2) is 0 Å². The van der Waals surface area contributed by atoms with Crippen LogP contribution < -0.4 is 4.90 Å². The molecule has 1 aliphatic heterocycles. The Hall–Kier alpha value is -2.47. The topological polar surface area (TPSA) is 49.3 Å². The molecule has 1 aliphatic carbocycles. The van der Waals surface area contributed by atoms with Gasteiger partial charge in [-0.05, 0) is 56.2 Å². The van der Waals surface area contributed by atoms with Crippen molar-refractivity contribution in [2.24, 2.45) is 0 Å². The predicted octanol–water partition coefficient (Wildman–Crippen LogP) is 5.74. The van der Waals surface area contributed by atoms with Crippen molar-refractivity contribution in [3.05, 3.63) is 51.7 Å². The fourth-order valence-electron chi connectivity index (χ4n) is 5.07. The Balaban J connectivity index is 1.46. The Morgan fingerprint density at radius 3 is 2.58 bits per heavy atom. The molecule has 0 radical (unpaired) electrons. The molecule has 1 saturated heterocycles. The van der Waals surface area contributed by atoms with E-state index < -0.39 is 0 Å². The lowest BCUT2D eigenvalue weighted by Gasteiger charge is -2.36. The smallest absolute Gasteiger partial charge is 0.254 e. The monoisotopic (exact) mass is 462 g/mol. The van der Waals surface area contributed by atoms with Crippen LogP contribution in [0, 0.1) is 6.92 Å². The first-order chi connectivity index (χ1) is 16.1. The van der Waals surface area contributed by atoms with Crippen LogP contribution in [0.5, 0.6) is 0 Å². The van der Waals surface area contributed by atoms with E-state index in [1.807, 2.05) is 47.4 Å². The molecule has 33 heavy (non-hydrogen) atoms. The highest BCUT2D eigenvalue weighted by molar-refractivity contribution is 7.19. The van der Waals surface area contributed by atoms with Gasteiger partial charge in [0.25, 0.3) is 5.91 Å². The van der Waals surface area contributed by atoms with Crippen LogP contribution in [0.1, 0.15) is 77.6 Å². The number of aryl methyl sites for hydroxylation is 3. The van der Waals surface area contributed by atoms with E-state index in [1.54, 1.807) is 0 Å². The maximum Gasteiger partial charge on any atom is 0.254 e. The summed E-state index contributed by atoms with van der Waals surface area (Å²) in [5, 5.41) is 1.29. The maximum atomic E-state index is 13.1. The summed E-state index contributed by atoms with van der Waals surface area (Å²) in [6, 6.07) is 7.90. The van der Waals surface area contributed by atoms with Gasteiger partial charge in [-0.25, -0.2) is 9.97 Å². The lowest BCUT2D eigenvalue weighted by atomic mass is 10.1.